The Kier molecular flexibility index (Phi) is 4.10. The molecule has 0 spiro atoms. The van der Waals surface area contributed by atoms with Crippen LogP contribution in [-0.4, -0.2) is 32.1 Å². The van der Waals surface area contributed by atoms with Crippen molar-refractivity contribution >= 4 is 17.3 Å². The molecule has 1 heterocycles. The van der Waals surface area contributed by atoms with Crippen LogP contribution in [0.1, 0.15) is 24.8 Å². The topological polar surface area (TPSA) is 29.5 Å². The van der Waals surface area contributed by atoms with E-state index in [-0.39, 0.29) is 12.0 Å². The van der Waals surface area contributed by atoms with Gasteiger partial charge in [0, 0.05) is 4.88 Å². The van der Waals surface area contributed by atoms with E-state index >= 15 is 0 Å². The van der Waals surface area contributed by atoms with E-state index in [1.54, 1.807) is 11.3 Å². The third-order valence-electron chi connectivity index (χ3n) is 2.72. The normalized spacial score (nSPS) is 13.9. The van der Waals surface area contributed by atoms with Gasteiger partial charge in [-0.2, -0.15) is 0 Å². The Morgan fingerprint density at radius 3 is 2.50 bits per heavy atom. The Bertz CT molecular complexity index is 344. The molecule has 0 amide bonds. The standard InChI is InChI=1S/C12H19NO2S/c1-12(2,11(14)15-5)10(13(3)4)9-7-6-8-16-9/h6-8,10H,1-5H3. The molecule has 0 bridgehead atoms. The lowest BCUT2D eigenvalue weighted by Crippen LogP contribution is -2.39. The summed E-state index contributed by atoms with van der Waals surface area (Å²) < 4.78 is 4.88. The maximum atomic E-state index is 11.8. The van der Waals surface area contributed by atoms with Gasteiger partial charge in [0.05, 0.1) is 18.6 Å². The van der Waals surface area contributed by atoms with Crippen LogP contribution in [-0.2, 0) is 9.53 Å². The minimum absolute atomic E-state index is 0.0416. The average Bonchev–Trinajstić information content (AvgIpc) is 2.68. The molecule has 16 heavy (non-hydrogen) atoms. The first-order valence-corrected chi connectivity index (χ1v) is 6.07. The molecular weight excluding hydrogens is 222 g/mol. The SMILES string of the molecule is COC(=O)C(C)(C)C(c1cccs1)N(C)C. The molecule has 1 unspecified atom stereocenters. The first-order chi connectivity index (χ1) is 7.41. The first-order valence-electron chi connectivity index (χ1n) is 5.19. The molecule has 0 N–H and O–H groups in total. The number of methoxy groups -OCH3 is 1. The van der Waals surface area contributed by atoms with E-state index in [0.717, 1.165) is 0 Å². The largest absolute Gasteiger partial charge is 0.469 e. The Morgan fingerprint density at radius 1 is 1.50 bits per heavy atom. The van der Waals surface area contributed by atoms with Crippen LogP contribution in [0.3, 0.4) is 0 Å². The highest BCUT2D eigenvalue weighted by Crippen LogP contribution is 2.39. The zero-order chi connectivity index (χ0) is 12.3. The summed E-state index contributed by atoms with van der Waals surface area (Å²) in [5.41, 5.74) is -0.552. The van der Waals surface area contributed by atoms with E-state index < -0.39 is 5.41 Å². The molecule has 0 fully saturated rings. The fourth-order valence-electron chi connectivity index (χ4n) is 2.08. The fourth-order valence-corrected chi connectivity index (χ4v) is 3.18. The molecule has 1 atom stereocenters. The number of esters is 1. The number of thiophene rings is 1. The molecule has 4 heteroatoms. The lowest BCUT2D eigenvalue weighted by Gasteiger charge is -2.35. The van der Waals surface area contributed by atoms with Gasteiger partial charge in [-0.15, -0.1) is 11.3 Å². The van der Waals surface area contributed by atoms with Gasteiger partial charge in [-0.3, -0.25) is 4.79 Å². The van der Waals surface area contributed by atoms with Crippen molar-refractivity contribution in [1.82, 2.24) is 4.90 Å². The van der Waals surface area contributed by atoms with Gasteiger partial charge in [0.15, 0.2) is 0 Å². The molecule has 0 aromatic carbocycles. The smallest absolute Gasteiger partial charge is 0.313 e. The monoisotopic (exact) mass is 241 g/mol. The van der Waals surface area contributed by atoms with Crippen LogP contribution in [0, 0.1) is 5.41 Å². The van der Waals surface area contributed by atoms with Crippen LogP contribution in [0.5, 0.6) is 0 Å². The zero-order valence-corrected chi connectivity index (χ0v) is 11.3. The molecular formula is C12H19NO2S. The summed E-state index contributed by atoms with van der Waals surface area (Å²) in [5.74, 6) is -0.181. The van der Waals surface area contributed by atoms with Crippen molar-refractivity contribution in [2.75, 3.05) is 21.2 Å². The molecule has 1 aromatic rings. The fraction of sp³-hybridized carbons (Fsp3) is 0.583. The molecule has 90 valence electrons. The summed E-state index contributed by atoms with van der Waals surface area (Å²) in [7, 11) is 5.40. The molecule has 1 aromatic heterocycles. The summed E-state index contributed by atoms with van der Waals surface area (Å²) in [6.45, 7) is 3.84. The predicted octanol–water partition coefficient (Wildman–Crippen LogP) is 2.55. The van der Waals surface area contributed by atoms with Crippen molar-refractivity contribution in [1.29, 1.82) is 0 Å². The van der Waals surface area contributed by atoms with Gasteiger partial charge < -0.3 is 9.64 Å². The summed E-state index contributed by atoms with van der Waals surface area (Å²) in [6, 6.07) is 4.10. The van der Waals surface area contributed by atoms with Crippen molar-refractivity contribution in [3.05, 3.63) is 22.4 Å². The quantitative estimate of drug-likeness (QED) is 0.759. The lowest BCUT2D eigenvalue weighted by molar-refractivity contribution is -0.154. The second-order valence-electron chi connectivity index (χ2n) is 4.59. The van der Waals surface area contributed by atoms with Gasteiger partial charge in [-0.25, -0.2) is 0 Å². The van der Waals surface area contributed by atoms with Gasteiger partial charge in [0.25, 0.3) is 0 Å². The molecule has 0 saturated heterocycles. The average molecular weight is 241 g/mol. The number of rotatable bonds is 4. The summed E-state index contributed by atoms with van der Waals surface area (Å²) in [4.78, 5) is 15.1. The number of ether oxygens (including phenoxy) is 1. The van der Waals surface area contributed by atoms with Gasteiger partial charge in [-0.05, 0) is 39.4 Å². The van der Waals surface area contributed by atoms with E-state index in [2.05, 4.69) is 11.0 Å². The minimum Gasteiger partial charge on any atom is -0.469 e. The van der Waals surface area contributed by atoms with Gasteiger partial charge in [0.1, 0.15) is 0 Å². The number of hydrogen-bond acceptors (Lipinski definition) is 4. The van der Waals surface area contributed by atoms with Crippen LogP contribution in [0.25, 0.3) is 0 Å². The van der Waals surface area contributed by atoms with E-state index in [0.29, 0.717) is 0 Å². The van der Waals surface area contributed by atoms with Gasteiger partial charge >= 0.3 is 5.97 Å². The van der Waals surface area contributed by atoms with Crippen LogP contribution >= 0.6 is 11.3 Å². The number of nitrogens with zero attached hydrogens (tertiary/aromatic N) is 1. The van der Waals surface area contributed by atoms with Gasteiger partial charge in [0.2, 0.25) is 0 Å². The van der Waals surface area contributed by atoms with Crippen LogP contribution in [0.15, 0.2) is 17.5 Å². The highest BCUT2D eigenvalue weighted by Gasteiger charge is 2.40. The Balaban J connectivity index is 3.08. The Hall–Kier alpha value is -0.870. The second kappa shape index (κ2) is 4.97. The molecule has 3 nitrogen and oxygen atoms in total. The van der Waals surface area contributed by atoms with Crippen molar-refractivity contribution in [2.24, 2.45) is 5.41 Å². The predicted molar refractivity (Wildman–Crippen MR) is 66.5 cm³/mol. The van der Waals surface area contributed by atoms with E-state index in [4.69, 9.17) is 4.74 Å². The maximum Gasteiger partial charge on any atom is 0.313 e. The third-order valence-corrected chi connectivity index (χ3v) is 3.65. The summed E-state index contributed by atoms with van der Waals surface area (Å²) >= 11 is 1.66. The Labute approximate surface area is 101 Å². The second-order valence-corrected chi connectivity index (χ2v) is 5.57. The number of carbonyl (C=O) groups is 1. The van der Waals surface area contributed by atoms with Crippen molar-refractivity contribution < 1.29 is 9.53 Å². The molecule has 0 aliphatic carbocycles. The number of hydrogen-bond donors (Lipinski definition) is 0. The highest BCUT2D eigenvalue weighted by molar-refractivity contribution is 7.10. The summed E-state index contributed by atoms with van der Waals surface area (Å²) in [6.07, 6.45) is 0. The van der Waals surface area contributed by atoms with Crippen molar-refractivity contribution in [2.45, 2.75) is 19.9 Å². The van der Waals surface area contributed by atoms with Crippen LogP contribution in [0.4, 0.5) is 0 Å². The first kappa shape index (κ1) is 13.2. The molecule has 0 aliphatic rings. The lowest BCUT2D eigenvalue weighted by atomic mass is 9.83. The van der Waals surface area contributed by atoms with Crippen LogP contribution in [0.2, 0.25) is 0 Å². The maximum absolute atomic E-state index is 11.8. The van der Waals surface area contributed by atoms with E-state index in [1.165, 1.54) is 12.0 Å². The Morgan fingerprint density at radius 2 is 2.12 bits per heavy atom. The minimum atomic E-state index is -0.552. The van der Waals surface area contributed by atoms with Crippen LogP contribution < -0.4 is 0 Å². The van der Waals surface area contributed by atoms with Gasteiger partial charge in [-0.1, -0.05) is 6.07 Å². The summed E-state index contributed by atoms with van der Waals surface area (Å²) in [5, 5.41) is 2.03. The molecule has 0 aliphatic heterocycles. The molecule has 1 rings (SSSR count). The van der Waals surface area contributed by atoms with E-state index in [1.807, 2.05) is 39.4 Å². The zero-order valence-electron chi connectivity index (χ0n) is 10.5. The van der Waals surface area contributed by atoms with E-state index in [9.17, 15) is 4.79 Å². The highest BCUT2D eigenvalue weighted by atomic mass is 32.1. The molecule has 0 saturated carbocycles. The molecule has 0 radical (unpaired) electrons. The van der Waals surface area contributed by atoms with Crippen molar-refractivity contribution in [3.8, 4) is 0 Å². The third kappa shape index (κ3) is 2.44. The number of carbonyl (C=O) groups excluding carboxylic acids is 1. The van der Waals surface area contributed by atoms with Crippen molar-refractivity contribution in [3.63, 3.8) is 0 Å².